The van der Waals surface area contributed by atoms with Crippen molar-refractivity contribution in [1.29, 1.82) is 0 Å². The number of carbonyl (C=O) groups excluding carboxylic acids is 1. The third-order valence-electron chi connectivity index (χ3n) is 4.16. The second kappa shape index (κ2) is 6.68. The van der Waals surface area contributed by atoms with E-state index in [1.807, 2.05) is 43.5 Å². The Kier molecular flexibility index (Phi) is 4.59. The van der Waals surface area contributed by atoms with Crippen LogP contribution in [0.2, 0.25) is 0 Å². The Morgan fingerprint density at radius 3 is 2.56 bits per heavy atom. The number of aromatic nitrogens is 2. The molecule has 0 unspecified atom stereocenters. The van der Waals surface area contributed by atoms with Gasteiger partial charge in [-0.3, -0.25) is 14.0 Å². The molecule has 0 saturated heterocycles. The van der Waals surface area contributed by atoms with Crippen molar-refractivity contribution in [2.45, 2.75) is 19.9 Å². The highest BCUT2D eigenvalue weighted by atomic mass is 32.1. The number of fused-ring (bicyclic) bond motifs is 1. The van der Waals surface area contributed by atoms with Crippen molar-refractivity contribution in [3.8, 4) is 17.0 Å². The van der Waals surface area contributed by atoms with Crippen LogP contribution in [0, 0.1) is 0 Å². The van der Waals surface area contributed by atoms with E-state index < -0.39 is 0 Å². The van der Waals surface area contributed by atoms with Crippen molar-refractivity contribution in [3.05, 3.63) is 51.8 Å². The van der Waals surface area contributed by atoms with Crippen LogP contribution in [-0.2, 0) is 0 Å². The third-order valence-corrected chi connectivity index (χ3v) is 5.00. The van der Waals surface area contributed by atoms with Gasteiger partial charge in [-0.05, 0) is 43.7 Å². The molecule has 0 aliphatic rings. The Hall–Kier alpha value is -2.67. The lowest BCUT2D eigenvalue weighted by Crippen LogP contribution is -2.37. The zero-order valence-corrected chi connectivity index (χ0v) is 15.3. The number of thiazole rings is 1. The smallest absolute Gasteiger partial charge is 0.271 e. The molecular formula is C18H19N3O3S. The topological polar surface area (TPSA) is 63.9 Å². The van der Waals surface area contributed by atoms with Crippen molar-refractivity contribution in [2.75, 3.05) is 14.2 Å². The van der Waals surface area contributed by atoms with Crippen molar-refractivity contribution in [3.63, 3.8) is 0 Å². The number of benzene rings is 1. The highest BCUT2D eigenvalue weighted by molar-refractivity contribution is 7.15. The molecule has 25 heavy (non-hydrogen) atoms. The van der Waals surface area contributed by atoms with Gasteiger partial charge in [0.15, 0.2) is 4.96 Å². The van der Waals surface area contributed by atoms with Crippen LogP contribution in [0.15, 0.2) is 40.6 Å². The van der Waals surface area contributed by atoms with Crippen LogP contribution in [0.3, 0.4) is 0 Å². The van der Waals surface area contributed by atoms with E-state index in [-0.39, 0.29) is 23.1 Å². The zero-order chi connectivity index (χ0) is 18.1. The number of rotatable bonds is 4. The summed E-state index contributed by atoms with van der Waals surface area (Å²) in [6, 6.07) is 7.41. The summed E-state index contributed by atoms with van der Waals surface area (Å²) in [5.41, 5.74) is 1.29. The molecule has 1 amide bonds. The second-order valence-electron chi connectivity index (χ2n) is 5.95. The lowest BCUT2D eigenvalue weighted by molar-refractivity contribution is 0.0752. The molecular weight excluding hydrogens is 338 g/mol. The number of amides is 1. The zero-order valence-electron chi connectivity index (χ0n) is 14.5. The Bertz CT molecular complexity index is 973. The summed E-state index contributed by atoms with van der Waals surface area (Å²) < 4.78 is 6.66. The molecule has 7 heteroatoms. The molecule has 6 nitrogen and oxygen atoms in total. The summed E-state index contributed by atoms with van der Waals surface area (Å²) in [5.74, 6) is 0.414. The van der Waals surface area contributed by atoms with Gasteiger partial charge in [-0.2, -0.15) is 0 Å². The minimum Gasteiger partial charge on any atom is -0.497 e. The quantitative estimate of drug-likeness (QED) is 0.720. The molecule has 3 aromatic rings. The van der Waals surface area contributed by atoms with E-state index in [4.69, 9.17) is 4.74 Å². The predicted molar refractivity (Wildman–Crippen MR) is 98.6 cm³/mol. The SMILES string of the molecule is COc1ccc(-c2csc3ncc(C(=O)N(C)C(C)C)c(=O)n23)cc1. The van der Waals surface area contributed by atoms with Crippen molar-refractivity contribution >= 4 is 22.2 Å². The van der Waals surface area contributed by atoms with Crippen LogP contribution in [0.4, 0.5) is 0 Å². The number of nitrogens with zero attached hydrogens (tertiary/aromatic N) is 3. The summed E-state index contributed by atoms with van der Waals surface area (Å²) in [6.45, 7) is 3.80. The monoisotopic (exact) mass is 357 g/mol. The lowest BCUT2D eigenvalue weighted by Gasteiger charge is -2.20. The van der Waals surface area contributed by atoms with E-state index in [2.05, 4.69) is 4.98 Å². The number of hydrogen-bond donors (Lipinski definition) is 0. The maximum Gasteiger partial charge on any atom is 0.271 e. The molecule has 0 radical (unpaired) electrons. The maximum absolute atomic E-state index is 12.9. The van der Waals surface area contributed by atoms with Crippen LogP contribution in [0.25, 0.3) is 16.2 Å². The number of carbonyl (C=O) groups is 1. The molecule has 0 aliphatic heterocycles. The Morgan fingerprint density at radius 1 is 1.28 bits per heavy atom. The van der Waals surface area contributed by atoms with Gasteiger partial charge < -0.3 is 9.64 Å². The first-order chi connectivity index (χ1) is 11.9. The largest absolute Gasteiger partial charge is 0.497 e. The van der Waals surface area contributed by atoms with Gasteiger partial charge in [0.2, 0.25) is 0 Å². The fourth-order valence-corrected chi connectivity index (χ4v) is 3.29. The highest BCUT2D eigenvalue weighted by Gasteiger charge is 2.21. The minimum atomic E-state index is -0.352. The number of ether oxygens (including phenoxy) is 1. The molecule has 130 valence electrons. The summed E-state index contributed by atoms with van der Waals surface area (Å²) >= 11 is 1.36. The molecule has 0 aliphatic carbocycles. The average Bonchev–Trinajstić information content (AvgIpc) is 3.05. The first-order valence-corrected chi connectivity index (χ1v) is 8.73. The van der Waals surface area contributed by atoms with Gasteiger partial charge in [-0.15, -0.1) is 11.3 Å². The molecule has 2 heterocycles. The van der Waals surface area contributed by atoms with Crippen LogP contribution in [0.5, 0.6) is 5.75 Å². The second-order valence-corrected chi connectivity index (χ2v) is 6.79. The first-order valence-electron chi connectivity index (χ1n) is 7.85. The van der Waals surface area contributed by atoms with Gasteiger partial charge in [0.05, 0.1) is 12.8 Å². The van der Waals surface area contributed by atoms with Gasteiger partial charge in [0.25, 0.3) is 11.5 Å². The van der Waals surface area contributed by atoms with E-state index in [1.54, 1.807) is 14.2 Å². The Labute approximate surface area is 149 Å². The number of methoxy groups -OCH3 is 1. The standard InChI is InChI=1S/C18H19N3O3S/c1-11(2)20(3)16(22)14-9-19-18-21(17(14)23)15(10-25-18)12-5-7-13(24-4)8-6-12/h5-11H,1-4H3. The highest BCUT2D eigenvalue weighted by Crippen LogP contribution is 2.26. The normalized spacial score (nSPS) is 11.1. The molecule has 0 bridgehead atoms. The maximum atomic E-state index is 12.9. The average molecular weight is 357 g/mol. The van der Waals surface area contributed by atoms with E-state index in [1.165, 1.54) is 26.8 Å². The molecule has 0 atom stereocenters. The van der Waals surface area contributed by atoms with Gasteiger partial charge in [-0.1, -0.05) is 0 Å². The van der Waals surface area contributed by atoms with Gasteiger partial charge in [0.1, 0.15) is 11.3 Å². The van der Waals surface area contributed by atoms with Crippen molar-refractivity contribution in [1.82, 2.24) is 14.3 Å². The molecule has 2 aromatic heterocycles. The first kappa shape index (κ1) is 17.2. The van der Waals surface area contributed by atoms with E-state index >= 15 is 0 Å². The fraction of sp³-hybridized carbons (Fsp3) is 0.278. The van der Waals surface area contributed by atoms with Crippen LogP contribution >= 0.6 is 11.3 Å². The number of hydrogen-bond acceptors (Lipinski definition) is 5. The molecule has 0 N–H and O–H groups in total. The van der Waals surface area contributed by atoms with Crippen LogP contribution in [-0.4, -0.2) is 40.4 Å². The molecule has 1 aromatic carbocycles. The summed E-state index contributed by atoms with van der Waals surface area (Å²) in [5, 5.41) is 1.87. The van der Waals surface area contributed by atoms with E-state index in [0.29, 0.717) is 10.7 Å². The molecule has 0 fully saturated rings. The van der Waals surface area contributed by atoms with Crippen LogP contribution in [0.1, 0.15) is 24.2 Å². The van der Waals surface area contributed by atoms with E-state index in [0.717, 1.165) is 11.3 Å². The summed E-state index contributed by atoms with van der Waals surface area (Å²) in [6.07, 6.45) is 1.37. The van der Waals surface area contributed by atoms with Crippen molar-refractivity contribution < 1.29 is 9.53 Å². The van der Waals surface area contributed by atoms with Crippen molar-refractivity contribution in [2.24, 2.45) is 0 Å². The molecule has 0 saturated carbocycles. The van der Waals surface area contributed by atoms with E-state index in [9.17, 15) is 9.59 Å². The summed E-state index contributed by atoms with van der Waals surface area (Å²) in [4.78, 5) is 31.9. The Balaban J connectivity index is 2.14. The third kappa shape index (κ3) is 3.02. The minimum absolute atomic E-state index is 0.00358. The van der Waals surface area contributed by atoms with Gasteiger partial charge >= 0.3 is 0 Å². The lowest BCUT2D eigenvalue weighted by atomic mass is 10.1. The summed E-state index contributed by atoms with van der Waals surface area (Å²) in [7, 11) is 3.28. The van der Waals surface area contributed by atoms with Gasteiger partial charge in [-0.25, -0.2) is 4.98 Å². The van der Waals surface area contributed by atoms with Gasteiger partial charge in [0, 0.05) is 24.7 Å². The Morgan fingerprint density at radius 2 is 1.96 bits per heavy atom. The van der Waals surface area contributed by atoms with Crippen LogP contribution < -0.4 is 10.3 Å². The molecule has 3 rings (SSSR count). The molecule has 0 spiro atoms. The fourth-order valence-electron chi connectivity index (χ4n) is 2.43. The predicted octanol–water partition coefficient (Wildman–Crippen LogP) is 2.91.